The van der Waals surface area contributed by atoms with Crippen molar-refractivity contribution < 1.29 is 19.4 Å². The first kappa shape index (κ1) is 15.8. The van der Waals surface area contributed by atoms with Crippen molar-refractivity contribution >= 4 is 17.6 Å². The molecule has 7 heteroatoms. The first-order valence-corrected chi connectivity index (χ1v) is 7.84. The average molecular weight is 319 g/mol. The minimum Gasteiger partial charge on any atom is -0.480 e. The first-order chi connectivity index (χ1) is 11.2. The number of amides is 1. The number of carboxylic acid groups (broad SMARTS) is 1. The van der Waals surface area contributed by atoms with Crippen LogP contribution in [0.4, 0.5) is 5.69 Å². The fourth-order valence-corrected chi connectivity index (χ4v) is 3.00. The number of piperazine rings is 1. The number of aliphatic carboxylic acids is 1. The summed E-state index contributed by atoms with van der Waals surface area (Å²) < 4.78 is 5.37. The zero-order chi connectivity index (χ0) is 16.2. The average Bonchev–Trinajstić information content (AvgIpc) is 2.62. The Bertz CT molecular complexity index is 586. The van der Waals surface area contributed by atoms with E-state index in [2.05, 4.69) is 10.2 Å². The number of nitrogens with zero attached hydrogens (tertiary/aromatic N) is 2. The summed E-state index contributed by atoms with van der Waals surface area (Å²) in [7, 11) is 0. The van der Waals surface area contributed by atoms with Gasteiger partial charge in [0, 0.05) is 38.4 Å². The minimum atomic E-state index is -0.927. The van der Waals surface area contributed by atoms with Gasteiger partial charge in [0.05, 0.1) is 18.8 Å². The molecular weight excluding hydrogens is 298 g/mol. The SMILES string of the molecule is O=C(O)[C@@H]1CN(C(=O)c2ccccc2N2CCOCC2)CCN1. The van der Waals surface area contributed by atoms with Crippen LogP contribution in [0.3, 0.4) is 0 Å². The molecule has 2 aliphatic rings. The molecule has 2 heterocycles. The summed E-state index contributed by atoms with van der Waals surface area (Å²) in [6.45, 7) is 4.00. The molecule has 0 aliphatic carbocycles. The van der Waals surface area contributed by atoms with E-state index in [4.69, 9.17) is 9.84 Å². The molecule has 23 heavy (non-hydrogen) atoms. The number of hydrogen-bond donors (Lipinski definition) is 2. The molecule has 1 amide bonds. The number of nitrogens with one attached hydrogen (secondary N) is 1. The summed E-state index contributed by atoms with van der Waals surface area (Å²) >= 11 is 0. The Hall–Kier alpha value is -2.12. The number of rotatable bonds is 3. The third kappa shape index (κ3) is 3.46. The normalized spacial score (nSPS) is 22.0. The molecule has 0 bridgehead atoms. The van der Waals surface area contributed by atoms with Gasteiger partial charge in [-0.15, -0.1) is 0 Å². The number of anilines is 1. The largest absolute Gasteiger partial charge is 0.480 e. The molecule has 0 unspecified atom stereocenters. The second kappa shape index (κ2) is 6.97. The lowest BCUT2D eigenvalue weighted by molar-refractivity contribution is -0.140. The molecule has 7 nitrogen and oxygen atoms in total. The molecule has 2 saturated heterocycles. The Kier molecular flexibility index (Phi) is 4.78. The Morgan fingerprint density at radius 3 is 2.65 bits per heavy atom. The Balaban J connectivity index is 1.80. The molecule has 2 aliphatic heterocycles. The van der Waals surface area contributed by atoms with Gasteiger partial charge in [-0.3, -0.25) is 9.59 Å². The van der Waals surface area contributed by atoms with Gasteiger partial charge in [-0.05, 0) is 12.1 Å². The van der Waals surface area contributed by atoms with Gasteiger partial charge in [0.1, 0.15) is 6.04 Å². The Morgan fingerprint density at radius 2 is 1.91 bits per heavy atom. The van der Waals surface area contributed by atoms with Crippen molar-refractivity contribution in [3.63, 3.8) is 0 Å². The number of carboxylic acids is 1. The van der Waals surface area contributed by atoms with E-state index < -0.39 is 12.0 Å². The minimum absolute atomic E-state index is 0.111. The number of ether oxygens (including phenoxy) is 1. The van der Waals surface area contributed by atoms with Crippen molar-refractivity contribution in [2.45, 2.75) is 6.04 Å². The van der Waals surface area contributed by atoms with Crippen LogP contribution in [-0.2, 0) is 9.53 Å². The fraction of sp³-hybridized carbons (Fsp3) is 0.500. The maximum atomic E-state index is 12.9. The zero-order valence-electron chi connectivity index (χ0n) is 12.9. The van der Waals surface area contributed by atoms with Crippen LogP contribution >= 0.6 is 0 Å². The molecule has 3 rings (SSSR count). The van der Waals surface area contributed by atoms with Crippen LogP contribution in [0.2, 0.25) is 0 Å². The molecule has 124 valence electrons. The highest BCUT2D eigenvalue weighted by molar-refractivity contribution is 6.00. The van der Waals surface area contributed by atoms with Gasteiger partial charge in [0.25, 0.3) is 5.91 Å². The third-order valence-electron chi connectivity index (χ3n) is 4.25. The summed E-state index contributed by atoms with van der Waals surface area (Å²) in [5, 5.41) is 12.1. The molecule has 0 radical (unpaired) electrons. The number of morpholine rings is 1. The van der Waals surface area contributed by atoms with E-state index in [-0.39, 0.29) is 12.5 Å². The van der Waals surface area contributed by atoms with E-state index in [1.807, 2.05) is 24.3 Å². The summed E-state index contributed by atoms with van der Waals surface area (Å²) in [5.41, 5.74) is 1.52. The van der Waals surface area contributed by atoms with Crippen LogP contribution in [0.1, 0.15) is 10.4 Å². The van der Waals surface area contributed by atoms with E-state index in [1.165, 1.54) is 0 Å². The number of para-hydroxylation sites is 1. The van der Waals surface area contributed by atoms with Crippen molar-refractivity contribution in [3.8, 4) is 0 Å². The summed E-state index contributed by atoms with van der Waals surface area (Å²) in [6, 6.07) is 6.80. The topological polar surface area (TPSA) is 82.1 Å². The van der Waals surface area contributed by atoms with Crippen molar-refractivity contribution in [1.82, 2.24) is 10.2 Å². The molecule has 0 spiro atoms. The highest BCUT2D eigenvalue weighted by Crippen LogP contribution is 2.23. The zero-order valence-corrected chi connectivity index (χ0v) is 12.9. The van der Waals surface area contributed by atoms with Crippen molar-refractivity contribution in [2.75, 3.05) is 50.8 Å². The Morgan fingerprint density at radius 1 is 1.17 bits per heavy atom. The fourth-order valence-electron chi connectivity index (χ4n) is 3.00. The summed E-state index contributed by atoms with van der Waals surface area (Å²) in [5.74, 6) is -1.04. The standard InChI is InChI=1S/C16H21N3O4/c20-15(19-6-5-17-13(11-19)16(21)22)12-3-1-2-4-14(12)18-7-9-23-10-8-18/h1-4,13,17H,5-11H2,(H,21,22)/t13-/m0/s1. The number of carbonyl (C=O) groups excluding carboxylic acids is 1. The smallest absolute Gasteiger partial charge is 0.322 e. The van der Waals surface area contributed by atoms with E-state index in [0.29, 0.717) is 31.9 Å². The van der Waals surface area contributed by atoms with Gasteiger partial charge < -0.3 is 25.0 Å². The van der Waals surface area contributed by atoms with Crippen molar-refractivity contribution in [1.29, 1.82) is 0 Å². The van der Waals surface area contributed by atoms with Crippen molar-refractivity contribution in [2.24, 2.45) is 0 Å². The van der Waals surface area contributed by atoms with Crippen molar-refractivity contribution in [3.05, 3.63) is 29.8 Å². The van der Waals surface area contributed by atoms with Gasteiger partial charge in [0.15, 0.2) is 0 Å². The molecule has 1 aromatic rings. The monoisotopic (exact) mass is 319 g/mol. The number of carbonyl (C=O) groups is 2. The van der Waals surface area contributed by atoms with Crippen LogP contribution in [0.15, 0.2) is 24.3 Å². The van der Waals surface area contributed by atoms with Crippen LogP contribution in [0.5, 0.6) is 0 Å². The molecule has 2 fully saturated rings. The molecule has 1 aromatic carbocycles. The molecule has 0 saturated carbocycles. The maximum Gasteiger partial charge on any atom is 0.322 e. The lowest BCUT2D eigenvalue weighted by Gasteiger charge is -2.34. The highest BCUT2D eigenvalue weighted by atomic mass is 16.5. The Labute approximate surface area is 134 Å². The predicted octanol–water partition coefficient (Wildman–Crippen LogP) is 0.0218. The predicted molar refractivity (Wildman–Crippen MR) is 84.8 cm³/mol. The third-order valence-corrected chi connectivity index (χ3v) is 4.25. The summed E-state index contributed by atoms with van der Waals surface area (Å²) in [6.07, 6.45) is 0. The van der Waals surface area contributed by atoms with E-state index in [9.17, 15) is 9.59 Å². The van der Waals surface area contributed by atoms with Crippen LogP contribution in [0.25, 0.3) is 0 Å². The first-order valence-electron chi connectivity index (χ1n) is 7.84. The van der Waals surface area contributed by atoms with E-state index >= 15 is 0 Å². The van der Waals surface area contributed by atoms with Gasteiger partial charge in [-0.1, -0.05) is 12.1 Å². The second-order valence-electron chi connectivity index (χ2n) is 5.71. The quantitative estimate of drug-likeness (QED) is 0.817. The number of hydrogen-bond acceptors (Lipinski definition) is 5. The van der Waals surface area contributed by atoms with Gasteiger partial charge >= 0.3 is 5.97 Å². The van der Waals surface area contributed by atoms with Crippen LogP contribution in [0, 0.1) is 0 Å². The lowest BCUT2D eigenvalue weighted by atomic mass is 10.1. The van der Waals surface area contributed by atoms with Crippen LogP contribution < -0.4 is 10.2 Å². The van der Waals surface area contributed by atoms with Gasteiger partial charge in [-0.2, -0.15) is 0 Å². The maximum absolute atomic E-state index is 12.9. The van der Waals surface area contributed by atoms with Gasteiger partial charge in [0.2, 0.25) is 0 Å². The number of benzene rings is 1. The highest BCUT2D eigenvalue weighted by Gasteiger charge is 2.29. The van der Waals surface area contributed by atoms with Gasteiger partial charge in [-0.25, -0.2) is 0 Å². The summed E-state index contributed by atoms with van der Waals surface area (Å²) in [4.78, 5) is 27.8. The molecule has 0 aromatic heterocycles. The van der Waals surface area contributed by atoms with E-state index in [0.717, 1.165) is 18.8 Å². The molecule has 1 atom stereocenters. The molecular formula is C16H21N3O4. The second-order valence-corrected chi connectivity index (χ2v) is 5.71. The van der Waals surface area contributed by atoms with Crippen LogP contribution in [-0.4, -0.2) is 73.9 Å². The lowest BCUT2D eigenvalue weighted by Crippen LogP contribution is -2.55. The molecule has 2 N–H and O–H groups in total. The van der Waals surface area contributed by atoms with E-state index in [1.54, 1.807) is 4.90 Å².